The third kappa shape index (κ3) is 3.00. The summed E-state index contributed by atoms with van der Waals surface area (Å²) in [5, 5.41) is 3.08. The molecule has 0 saturated heterocycles. The normalized spacial score (nSPS) is 10.2. The molecule has 0 atom stereocenters. The van der Waals surface area contributed by atoms with E-state index in [-0.39, 0.29) is 5.78 Å². The third-order valence-electron chi connectivity index (χ3n) is 2.37. The zero-order valence-electron chi connectivity index (χ0n) is 8.93. The second-order valence-corrected chi connectivity index (χ2v) is 4.55. The van der Waals surface area contributed by atoms with Crippen LogP contribution < -0.4 is 0 Å². The van der Waals surface area contributed by atoms with Crippen molar-refractivity contribution < 1.29 is 4.79 Å². The molecular formula is C13H13NOS. The first kappa shape index (κ1) is 11.0. The van der Waals surface area contributed by atoms with Crippen molar-refractivity contribution in [2.75, 3.05) is 0 Å². The number of ketones is 1. The van der Waals surface area contributed by atoms with Gasteiger partial charge < -0.3 is 0 Å². The van der Waals surface area contributed by atoms with Crippen molar-refractivity contribution in [1.29, 1.82) is 0 Å². The Hall–Kier alpha value is -1.48. The zero-order valence-corrected chi connectivity index (χ0v) is 9.74. The van der Waals surface area contributed by atoms with E-state index in [0.717, 1.165) is 23.4 Å². The van der Waals surface area contributed by atoms with Crippen molar-refractivity contribution in [3.8, 4) is 0 Å². The number of benzene rings is 1. The molecule has 0 aliphatic rings. The SMILES string of the molecule is O=C(CCCc1nccs1)c1ccccc1. The maximum Gasteiger partial charge on any atom is 0.162 e. The minimum Gasteiger partial charge on any atom is -0.294 e. The monoisotopic (exact) mass is 231 g/mol. The number of carbonyl (C=O) groups is 1. The van der Waals surface area contributed by atoms with Crippen LogP contribution in [0.25, 0.3) is 0 Å². The molecule has 0 radical (unpaired) electrons. The second kappa shape index (κ2) is 5.56. The summed E-state index contributed by atoms with van der Waals surface area (Å²) in [5.41, 5.74) is 0.807. The Morgan fingerprint density at radius 1 is 1.25 bits per heavy atom. The standard InChI is InChI=1S/C13H13NOS/c15-12(11-5-2-1-3-6-11)7-4-8-13-14-9-10-16-13/h1-3,5-6,9-10H,4,7-8H2. The minimum atomic E-state index is 0.220. The summed E-state index contributed by atoms with van der Waals surface area (Å²) in [6.45, 7) is 0. The van der Waals surface area contributed by atoms with Crippen LogP contribution >= 0.6 is 11.3 Å². The molecule has 1 aromatic carbocycles. The quantitative estimate of drug-likeness (QED) is 0.739. The highest BCUT2D eigenvalue weighted by Crippen LogP contribution is 2.11. The molecule has 0 aliphatic heterocycles. The van der Waals surface area contributed by atoms with Crippen LogP contribution in [0.1, 0.15) is 28.2 Å². The van der Waals surface area contributed by atoms with Crippen molar-refractivity contribution in [1.82, 2.24) is 4.98 Å². The molecule has 0 unspecified atom stereocenters. The maximum atomic E-state index is 11.8. The Labute approximate surface area is 99.0 Å². The number of carbonyl (C=O) groups excluding carboxylic acids is 1. The van der Waals surface area contributed by atoms with Crippen LogP contribution in [0.15, 0.2) is 41.9 Å². The van der Waals surface area contributed by atoms with Gasteiger partial charge in [-0.25, -0.2) is 4.98 Å². The smallest absolute Gasteiger partial charge is 0.162 e. The van der Waals surface area contributed by atoms with Crippen LogP contribution in [0.5, 0.6) is 0 Å². The maximum absolute atomic E-state index is 11.8. The minimum absolute atomic E-state index is 0.220. The molecule has 82 valence electrons. The first-order valence-corrected chi connectivity index (χ1v) is 6.21. The van der Waals surface area contributed by atoms with Gasteiger partial charge in [-0.05, 0) is 12.8 Å². The number of aryl methyl sites for hydroxylation is 1. The largest absolute Gasteiger partial charge is 0.294 e. The van der Waals surface area contributed by atoms with Crippen molar-refractivity contribution >= 4 is 17.1 Å². The van der Waals surface area contributed by atoms with Gasteiger partial charge in [-0.2, -0.15) is 0 Å². The molecule has 0 spiro atoms. The van der Waals surface area contributed by atoms with E-state index < -0.39 is 0 Å². The van der Waals surface area contributed by atoms with Gasteiger partial charge in [0, 0.05) is 23.6 Å². The lowest BCUT2D eigenvalue weighted by molar-refractivity contribution is 0.0980. The number of hydrogen-bond donors (Lipinski definition) is 0. The molecule has 2 rings (SSSR count). The Morgan fingerprint density at radius 2 is 2.06 bits per heavy atom. The van der Waals surface area contributed by atoms with Crippen LogP contribution in [0.4, 0.5) is 0 Å². The van der Waals surface area contributed by atoms with Crippen LogP contribution in [-0.2, 0) is 6.42 Å². The molecule has 16 heavy (non-hydrogen) atoms. The van der Waals surface area contributed by atoms with Gasteiger partial charge in [0.15, 0.2) is 5.78 Å². The van der Waals surface area contributed by atoms with Gasteiger partial charge >= 0.3 is 0 Å². The molecular weight excluding hydrogens is 218 g/mol. The van der Waals surface area contributed by atoms with E-state index in [2.05, 4.69) is 4.98 Å². The van der Waals surface area contributed by atoms with E-state index in [1.807, 2.05) is 35.7 Å². The zero-order chi connectivity index (χ0) is 11.2. The summed E-state index contributed by atoms with van der Waals surface area (Å²) in [5.74, 6) is 0.220. The summed E-state index contributed by atoms with van der Waals surface area (Å²) in [6.07, 6.45) is 4.18. The first-order chi connectivity index (χ1) is 7.86. The highest BCUT2D eigenvalue weighted by Gasteiger charge is 2.05. The number of rotatable bonds is 5. The number of nitrogens with zero attached hydrogens (tertiary/aromatic N) is 1. The summed E-state index contributed by atoms with van der Waals surface area (Å²) in [6, 6.07) is 9.45. The predicted molar refractivity (Wildman–Crippen MR) is 65.8 cm³/mol. The Balaban J connectivity index is 1.81. The Bertz CT molecular complexity index is 436. The summed E-state index contributed by atoms with van der Waals surface area (Å²) in [7, 11) is 0. The van der Waals surface area contributed by atoms with Gasteiger partial charge in [0.05, 0.1) is 5.01 Å². The first-order valence-electron chi connectivity index (χ1n) is 5.33. The second-order valence-electron chi connectivity index (χ2n) is 3.57. The van der Waals surface area contributed by atoms with Crippen molar-refractivity contribution in [2.24, 2.45) is 0 Å². The molecule has 0 fully saturated rings. The lowest BCUT2D eigenvalue weighted by Crippen LogP contribution is -1.99. The van der Waals surface area contributed by atoms with E-state index in [4.69, 9.17) is 0 Å². The molecule has 0 bridgehead atoms. The predicted octanol–water partition coefficient (Wildman–Crippen LogP) is 3.35. The fourth-order valence-electron chi connectivity index (χ4n) is 1.54. The average molecular weight is 231 g/mol. The highest BCUT2D eigenvalue weighted by molar-refractivity contribution is 7.09. The lowest BCUT2D eigenvalue weighted by Gasteiger charge is -1.99. The molecule has 1 aromatic heterocycles. The van der Waals surface area contributed by atoms with Gasteiger partial charge in [-0.1, -0.05) is 30.3 Å². The molecule has 0 aliphatic carbocycles. The van der Waals surface area contributed by atoms with Crippen LogP contribution in [0.3, 0.4) is 0 Å². The number of thiazole rings is 1. The molecule has 2 aromatic rings. The average Bonchev–Trinajstić information content (AvgIpc) is 2.83. The highest BCUT2D eigenvalue weighted by atomic mass is 32.1. The number of Topliss-reactive ketones (excluding diaryl/α,β-unsaturated/α-hetero) is 1. The topological polar surface area (TPSA) is 30.0 Å². The van der Waals surface area contributed by atoms with Crippen LogP contribution in [0.2, 0.25) is 0 Å². The Kier molecular flexibility index (Phi) is 3.83. The van der Waals surface area contributed by atoms with Gasteiger partial charge in [0.1, 0.15) is 0 Å². The van der Waals surface area contributed by atoms with E-state index in [0.29, 0.717) is 6.42 Å². The van der Waals surface area contributed by atoms with E-state index in [1.165, 1.54) is 0 Å². The third-order valence-corrected chi connectivity index (χ3v) is 3.21. The van der Waals surface area contributed by atoms with E-state index >= 15 is 0 Å². The summed E-state index contributed by atoms with van der Waals surface area (Å²) >= 11 is 1.65. The molecule has 1 heterocycles. The molecule has 0 amide bonds. The van der Waals surface area contributed by atoms with E-state index in [1.54, 1.807) is 17.5 Å². The van der Waals surface area contributed by atoms with Crippen molar-refractivity contribution in [3.05, 3.63) is 52.5 Å². The van der Waals surface area contributed by atoms with Gasteiger partial charge in [-0.15, -0.1) is 11.3 Å². The fourth-order valence-corrected chi connectivity index (χ4v) is 2.21. The van der Waals surface area contributed by atoms with Crippen LogP contribution in [-0.4, -0.2) is 10.8 Å². The molecule has 0 N–H and O–H groups in total. The van der Waals surface area contributed by atoms with Crippen molar-refractivity contribution in [3.63, 3.8) is 0 Å². The molecule has 3 heteroatoms. The van der Waals surface area contributed by atoms with Crippen molar-refractivity contribution in [2.45, 2.75) is 19.3 Å². The number of hydrogen-bond acceptors (Lipinski definition) is 3. The summed E-state index contributed by atoms with van der Waals surface area (Å²) < 4.78 is 0. The van der Waals surface area contributed by atoms with Crippen LogP contribution in [0, 0.1) is 0 Å². The number of aromatic nitrogens is 1. The van der Waals surface area contributed by atoms with Gasteiger partial charge in [0.25, 0.3) is 0 Å². The molecule has 0 saturated carbocycles. The van der Waals surface area contributed by atoms with Gasteiger partial charge in [0.2, 0.25) is 0 Å². The lowest BCUT2D eigenvalue weighted by atomic mass is 10.1. The van der Waals surface area contributed by atoms with Gasteiger partial charge in [-0.3, -0.25) is 4.79 Å². The molecule has 2 nitrogen and oxygen atoms in total. The van der Waals surface area contributed by atoms with E-state index in [9.17, 15) is 4.79 Å². The Morgan fingerprint density at radius 3 is 2.75 bits per heavy atom. The fraction of sp³-hybridized carbons (Fsp3) is 0.231. The summed E-state index contributed by atoms with van der Waals surface area (Å²) in [4.78, 5) is 15.9.